The van der Waals surface area contributed by atoms with E-state index in [-0.39, 0.29) is 34.4 Å². The molecule has 2 aromatic heterocycles. The third-order valence-electron chi connectivity index (χ3n) is 4.09. The van der Waals surface area contributed by atoms with Crippen LogP contribution in [-0.4, -0.2) is 15.7 Å². The predicted octanol–water partition coefficient (Wildman–Crippen LogP) is 5.05. The quantitative estimate of drug-likeness (QED) is 0.688. The molecule has 1 amide bonds. The Bertz CT molecular complexity index is 969. The molecule has 0 unspecified atom stereocenters. The number of halogens is 4. The number of amides is 1. The molecule has 28 heavy (non-hydrogen) atoms. The summed E-state index contributed by atoms with van der Waals surface area (Å²) in [4.78, 5) is 12.9. The van der Waals surface area contributed by atoms with Crippen molar-refractivity contribution in [3.8, 4) is 10.6 Å². The van der Waals surface area contributed by atoms with Crippen LogP contribution in [0.1, 0.15) is 48.1 Å². The van der Waals surface area contributed by atoms with E-state index < -0.39 is 23.6 Å². The molecule has 1 aliphatic rings. The van der Waals surface area contributed by atoms with Crippen molar-refractivity contribution >= 4 is 22.9 Å². The Hall–Kier alpha value is -2.62. The van der Waals surface area contributed by atoms with Crippen LogP contribution in [0.15, 0.2) is 35.8 Å². The normalized spacial score (nSPS) is 14.8. The van der Waals surface area contributed by atoms with Crippen LogP contribution in [0.2, 0.25) is 0 Å². The zero-order valence-corrected chi connectivity index (χ0v) is 15.9. The standard InChI is InChI=1S/C18H18F4N4OS/c1-9(2)26-13(8-15(25-26)18(20,21)22)16-11(23)7-14(28-16)17(27)24-12-6-4-3-5-10(12)19/h4,6-9H,3,5,23H2,1-2H3,(H,24,27). The summed E-state index contributed by atoms with van der Waals surface area (Å²) in [5.74, 6) is -1.00. The van der Waals surface area contributed by atoms with Crippen LogP contribution >= 0.6 is 11.3 Å². The molecule has 2 heterocycles. The maximum absolute atomic E-state index is 13.8. The van der Waals surface area contributed by atoms with Crippen molar-refractivity contribution < 1.29 is 22.4 Å². The van der Waals surface area contributed by atoms with Crippen LogP contribution in [0.5, 0.6) is 0 Å². The molecule has 0 fully saturated rings. The highest BCUT2D eigenvalue weighted by molar-refractivity contribution is 7.18. The Kier molecular flexibility index (Phi) is 5.33. The van der Waals surface area contributed by atoms with Crippen molar-refractivity contribution in [3.05, 3.63) is 46.4 Å². The first-order chi connectivity index (χ1) is 13.1. The number of hydrogen-bond acceptors (Lipinski definition) is 4. The number of nitrogens with zero attached hydrogens (tertiary/aromatic N) is 2. The van der Waals surface area contributed by atoms with E-state index in [1.165, 1.54) is 16.8 Å². The van der Waals surface area contributed by atoms with Gasteiger partial charge in [0.05, 0.1) is 26.8 Å². The van der Waals surface area contributed by atoms with Gasteiger partial charge >= 0.3 is 6.18 Å². The highest BCUT2D eigenvalue weighted by atomic mass is 32.1. The SMILES string of the molecule is CC(C)n1nc(C(F)(F)F)cc1-c1sc(C(=O)NC2=C(F)CCC=C2)cc1N. The fourth-order valence-corrected chi connectivity index (χ4v) is 3.73. The van der Waals surface area contributed by atoms with Crippen molar-refractivity contribution in [2.75, 3.05) is 5.73 Å². The minimum absolute atomic E-state index is 0.0800. The number of aromatic nitrogens is 2. The Morgan fingerprint density at radius 2 is 2.07 bits per heavy atom. The monoisotopic (exact) mass is 414 g/mol. The van der Waals surface area contributed by atoms with E-state index in [1.807, 2.05) is 0 Å². The largest absolute Gasteiger partial charge is 0.435 e. The summed E-state index contributed by atoms with van der Waals surface area (Å²) in [6.45, 7) is 3.39. The molecule has 5 nitrogen and oxygen atoms in total. The second kappa shape index (κ2) is 7.42. The van der Waals surface area contributed by atoms with E-state index in [0.29, 0.717) is 11.3 Å². The molecular weight excluding hydrogens is 396 g/mol. The number of carbonyl (C=O) groups excluding carboxylic acids is 1. The molecule has 0 aromatic carbocycles. The summed E-state index contributed by atoms with van der Waals surface area (Å²) in [6, 6.07) is 1.93. The Morgan fingerprint density at radius 1 is 1.36 bits per heavy atom. The van der Waals surface area contributed by atoms with E-state index in [4.69, 9.17) is 5.73 Å². The average Bonchev–Trinajstić information content (AvgIpc) is 3.20. The zero-order valence-electron chi connectivity index (χ0n) is 15.1. The molecule has 0 saturated carbocycles. The van der Waals surface area contributed by atoms with Gasteiger partial charge < -0.3 is 11.1 Å². The van der Waals surface area contributed by atoms with Crippen LogP contribution in [0, 0.1) is 0 Å². The smallest absolute Gasteiger partial charge is 0.397 e. The molecule has 3 rings (SSSR count). The highest BCUT2D eigenvalue weighted by Gasteiger charge is 2.36. The number of allylic oxidation sites excluding steroid dienone is 3. The van der Waals surface area contributed by atoms with Crippen LogP contribution in [0.3, 0.4) is 0 Å². The lowest BCUT2D eigenvalue weighted by atomic mass is 10.1. The van der Waals surface area contributed by atoms with Crippen molar-refractivity contribution in [2.24, 2.45) is 0 Å². The van der Waals surface area contributed by atoms with Crippen molar-refractivity contribution in [2.45, 2.75) is 38.9 Å². The number of alkyl halides is 3. The molecule has 150 valence electrons. The van der Waals surface area contributed by atoms with Crippen LogP contribution in [0.25, 0.3) is 10.6 Å². The fraction of sp³-hybridized carbons (Fsp3) is 0.333. The second-order valence-corrected chi connectivity index (χ2v) is 7.61. The Balaban J connectivity index is 1.96. The maximum Gasteiger partial charge on any atom is 0.435 e. The summed E-state index contributed by atoms with van der Waals surface area (Å²) < 4.78 is 54.3. The minimum atomic E-state index is -4.60. The molecule has 0 spiro atoms. The lowest BCUT2D eigenvalue weighted by Gasteiger charge is -2.10. The van der Waals surface area contributed by atoms with Crippen LogP contribution in [-0.2, 0) is 6.18 Å². The van der Waals surface area contributed by atoms with Gasteiger partial charge in [0.2, 0.25) is 0 Å². The van der Waals surface area contributed by atoms with E-state index in [1.54, 1.807) is 19.9 Å². The van der Waals surface area contributed by atoms with Crippen LogP contribution < -0.4 is 11.1 Å². The van der Waals surface area contributed by atoms with Gasteiger partial charge in [0.15, 0.2) is 5.69 Å². The van der Waals surface area contributed by atoms with Gasteiger partial charge in [-0.25, -0.2) is 4.39 Å². The van der Waals surface area contributed by atoms with E-state index in [0.717, 1.165) is 17.4 Å². The first kappa shape index (κ1) is 20.1. The van der Waals surface area contributed by atoms with Gasteiger partial charge in [-0.05, 0) is 38.5 Å². The zero-order chi connectivity index (χ0) is 20.6. The fourth-order valence-electron chi connectivity index (χ4n) is 2.74. The number of rotatable bonds is 4. The van der Waals surface area contributed by atoms with E-state index in [2.05, 4.69) is 10.4 Å². The molecule has 2 aromatic rings. The highest BCUT2D eigenvalue weighted by Crippen LogP contribution is 2.39. The second-order valence-electron chi connectivity index (χ2n) is 6.56. The number of thiophene rings is 1. The number of carbonyl (C=O) groups is 1. The number of anilines is 1. The minimum Gasteiger partial charge on any atom is -0.397 e. The molecular formula is C18H18F4N4OS. The van der Waals surface area contributed by atoms with Crippen molar-refractivity contribution in [3.63, 3.8) is 0 Å². The van der Waals surface area contributed by atoms with E-state index in [9.17, 15) is 22.4 Å². The molecule has 0 radical (unpaired) electrons. The maximum atomic E-state index is 13.8. The van der Waals surface area contributed by atoms with Gasteiger partial charge in [0.25, 0.3) is 5.91 Å². The van der Waals surface area contributed by atoms with Gasteiger partial charge in [-0.1, -0.05) is 6.08 Å². The molecule has 3 N–H and O–H groups in total. The summed E-state index contributed by atoms with van der Waals surface area (Å²) in [7, 11) is 0. The molecule has 0 saturated heterocycles. The number of nitrogens with one attached hydrogen (secondary N) is 1. The topological polar surface area (TPSA) is 72.9 Å². The Morgan fingerprint density at radius 3 is 2.68 bits per heavy atom. The summed E-state index contributed by atoms with van der Waals surface area (Å²) in [5.41, 5.74) is 5.34. The first-order valence-electron chi connectivity index (χ1n) is 8.51. The molecule has 0 bridgehead atoms. The molecule has 0 aliphatic heterocycles. The van der Waals surface area contributed by atoms with Gasteiger partial charge in [-0.15, -0.1) is 11.3 Å². The van der Waals surface area contributed by atoms with Gasteiger partial charge in [-0.3, -0.25) is 9.48 Å². The average molecular weight is 414 g/mol. The third kappa shape index (κ3) is 3.96. The summed E-state index contributed by atoms with van der Waals surface area (Å²) >= 11 is 0.932. The predicted molar refractivity (Wildman–Crippen MR) is 99.3 cm³/mol. The van der Waals surface area contributed by atoms with E-state index >= 15 is 0 Å². The molecule has 10 heteroatoms. The molecule has 0 atom stereocenters. The number of nitrogens with two attached hydrogens (primary N) is 1. The molecule has 1 aliphatic carbocycles. The number of nitrogen functional groups attached to an aromatic ring is 1. The van der Waals surface area contributed by atoms with Crippen LogP contribution in [0.4, 0.5) is 23.2 Å². The van der Waals surface area contributed by atoms with Gasteiger partial charge in [0, 0.05) is 12.5 Å². The van der Waals surface area contributed by atoms with Crippen molar-refractivity contribution in [1.29, 1.82) is 0 Å². The Labute approximate surface area is 162 Å². The van der Waals surface area contributed by atoms with Gasteiger partial charge in [0.1, 0.15) is 5.83 Å². The summed E-state index contributed by atoms with van der Waals surface area (Å²) in [6.07, 6.45) is -0.608. The van der Waals surface area contributed by atoms with Gasteiger partial charge in [-0.2, -0.15) is 18.3 Å². The summed E-state index contributed by atoms with van der Waals surface area (Å²) in [5, 5.41) is 6.11. The first-order valence-corrected chi connectivity index (χ1v) is 9.32. The van der Waals surface area contributed by atoms with Crippen molar-refractivity contribution in [1.82, 2.24) is 15.1 Å². The lowest BCUT2D eigenvalue weighted by Crippen LogP contribution is -2.22. The third-order valence-corrected chi connectivity index (χ3v) is 5.26. The lowest BCUT2D eigenvalue weighted by molar-refractivity contribution is -0.141. The number of hydrogen-bond donors (Lipinski definition) is 2.